The summed E-state index contributed by atoms with van der Waals surface area (Å²) < 4.78 is 5.83. The fourth-order valence-corrected chi connectivity index (χ4v) is 2.75. The molecule has 0 atom stereocenters. The van der Waals surface area contributed by atoms with E-state index >= 15 is 0 Å². The van der Waals surface area contributed by atoms with Gasteiger partial charge in [0.15, 0.2) is 0 Å². The van der Waals surface area contributed by atoms with Crippen molar-refractivity contribution < 1.29 is 4.42 Å². The summed E-state index contributed by atoms with van der Waals surface area (Å²) in [5, 5.41) is 4.17. The minimum atomic E-state index is 0.267. The number of nitrogens with zero attached hydrogens (tertiary/aromatic N) is 1. The van der Waals surface area contributed by atoms with Crippen molar-refractivity contribution in [1.29, 1.82) is 0 Å². The van der Waals surface area contributed by atoms with Crippen LogP contribution in [0.25, 0.3) is 22.1 Å². The highest BCUT2D eigenvalue weighted by atomic mass is 16.3. The molecule has 0 N–H and O–H groups in total. The molecule has 3 heteroatoms. The van der Waals surface area contributed by atoms with Gasteiger partial charge in [0.25, 0.3) is 0 Å². The summed E-state index contributed by atoms with van der Waals surface area (Å²) in [6.45, 7) is 6.10. The maximum Gasteiger partial charge on any atom is 0.138 e. The average molecular weight is 279 g/mol. The lowest BCUT2D eigenvalue weighted by molar-refractivity contribution is 0.608. The monoisotopic (exact) mass is 279 g/mol. The van der Waals surface area contributed by atoms with E-state index in [4.69, 9.17) is 4.42 Å². The number of aryl methyl sites for hydroxylation is 1. The molecule has 2 aromatic carbocycles. The zero-order chi connectivity index (χ0) is 15.0. The first-order valence-electron chi connectivity index (χ1n) is 7.07. The molecule has 0 aliphatic carbocycles. The molecule has 1 aromatic heterocycles. The van der Waals surface area contributed by atoms with Crippen molar-refractivity contribution >= 4 is 16.7 Å². The molecule has 0 spiro atoms. The summed E-state index contributed by atoms with van der Waals surface area (Å²) in [5.74, 6) is 0.267. The molecular weight excluding hydrogens is 262 g/mol. The number of rotatable bonds is 3. The van der Waals surface area contributed by atoms with Crippen LogP contribution in [-0.2, 0) is 0 Å². The first kappa shape index (κ1) is 13.6. The van der Waals surface area contributed by atoms with Crippen molar-refractivity contribution in [3.8, 4) is 11.1 Å². The molecule has 0 unspecified atom stereocenters. The third kappa shape index (κ3) is 2.15. The molecule has 21 heavy (non-hydrogen) atoms. The summed E-state index contributed by atoms with van der Waals surface area (Å²) in [6, 6.07) is 11.9. The van der Waals surface area contributed by atoms with Crippen molar-refractivity contribution in [2.24, 2.45) is 5.18 Å². The second-order valence-electron chi connectivity index (χ2n) is 5.58. The molecule has 1 heterocycles. The van der Waals surface area contributed by atoms with Crippen LogP contribution in [0.4, 0.5) is 5.69 Å². The lowest BCUT2D eigenvalue weighted by Crippen LogP contribution is -1.90. The summed E-state index contributed by atoms with van der Waals surface area (Å²) in [5.41, 5.74) is 5.33. The molecule has 0 radical (unpaired) electrons. The number of fused-ring (bicyclic) bond motifs is 1. The van der Waals surface area contributed by atoms with Gasteiger partial charge in [-0.25, -0.2) is 0 Å². The van der Waals surface area contributed by atoms with E-state index in [1.807, 2.05) is 43.3 Å². The normalized spacial score (nSPS) is 11.2. The lowest BCUT2D eigenvalue weighted by atomic mass is 9.94. The zero-order valence-electron chi connectivity index (χ0n) is 12.4. The van der Waals surface area contributed by atoms with E-state index in [-0.39, 0.29) is 5.92 Å². The van der Waals surface area contributed by atoms with Gasteiger partial charge in [0, 0.05) is 16.5 Å². The molecule has 0 bridgehead atoms. The van der Waals surface area contributed by atoms with E-state index in [9.17, 15) is 4.91 Å². The van der Waals surface area contributed by atoms with Crippen LogP contribution in [0.5, 0.6) is 0 Å². The molecule has 3 nitrogen and oxygen atoms in total. The third-order valence-electron chi connectivity index (χ3n) is 3.91. The van der Waals surface area contributed by atoms with E-state index in [2.05, 4.69) is 19.0 Å². The predicted octanol–water partition coefficient (Wildman–Crippen LogP) is 5.93. The maximum absolute atomic E-state index is 11.1. The van der Waals surface area contributed by atoms with Gasteiger partial charge in [-0.15, -0.1) is 4.91 Å². The van der Waals surface area contributed by atoms with E-state index in [1.54, 1.807) is 6.26 Å². The number of nitroso groups, excluding NO2 is 1. The van der Waals surface area contributed by atoms with E-state index < -0.39 is 0 Å². The van der Waals surface area contributed by atoms with Crippen LogP contribution in [0.2, 0.25) is 0 Å². The molecule has 3 rings (SSSR count). The summed E-state index contributed by atoms with van der Waals surface area (Å²) in [4.78, 5) is 11.1. The minimum absolute atomic E-state index is 0.267. The maximum atomic E-state index is 11.1. The second-order valence-corrected chi connectivity index (χ2v) is 5.58. The van der Waals surface area contributed by atoms with Gasteiger partial charge in [-0.2, -0.15) is 0 Å². The van der Waals surface area contributed by atoms with Gasteiger partial charge in [0.1, 0.15) is 11.3 Å². The van der Waals surface area contributed by atoms with E-state index in [1.165, 1.54) is 0 Å². The van der Waals surface area contributed by atoms with Crippen molar-refractivity contribution in [2.45, 2.75) is 26.7 Å². The predicted molar refractivity (Wildman–Crippen MR) is 85.9 cm³/mol. The Morgan fingerprint density at radius 1 is 1.14 bits per heavy atom. The van der Waals surface area contributed by atoms with Gasteiger partial charge >= 0.3 is 0 Å². The SMILES string of the molecule is Cc1c(N=O)cc(C(C)C)c2occ(-c3ccccc3)c12. The summed E-state index contributed by atoms with van der Waals surface area (Å²) in [7, 11) is 0. The largest absolute Gasteiger partial charge is 0.463 e. The molecule has 3 aromatic rings. The molecule has 0 saturated carbocycles. The highest BCUT2D eigenvalue weighted by Crippen LogP contribution is 2.40. The highest BCUT2D eigenvalue weighted by molar-refractivity contribution is 6.00. The van der Waals surface area contributed by atoms with E-state index in [0.717, 1.165) is 33.2 Å². The standard InChI is InChI=1S/C18H17NO2/c1-11(2)14-9-16(19-20)12(3)17-15(10-21-18(14)17)13-7-5-4-6-8-13/h4-11H,1-3H3. The molecule has 0 saturated heterocycles. The fourth-order valence-electron chi connectivity index (χ4n) is 2.75. The van der Waals surface area contributed by atoms with Crippen molar-refractivity contribution in [3.05, 3.63) is 58.7 Å². The van der Waals surface area contributed by atoms with Crippen LogP contribution in [0.1, 0.15) is 30.9 Å². The third-order valence-corrected chi connectivity index (χ3v) is 3.91. The number of hydrogen-bond acceptors (Lipinski definition) is 3. The Morgan fingerprint density at radius 3 is 2.48 bits per heavy atom. The van der Waals surface area contributed by atoms with Gasteiger partial charge in [-0.05, 0) is 35.2 Å². The van der Waals surface area contributed by atoms with Crippen LogP contribution in [0.3, 0.4) is 0 Å². The molecule has 106 valence electrons. The summed E-state index contributed by atoms with van der Waals surface area (Å²) >= 11 is 0. The molecule has 0 fully saturated rings. The van der Waals surface area contributed by atoms with E-state index in [0.29, 0.717) is 5.69 Å². The lowest BCUT2D eigenvalue weighted by Gasteiger charge is -2.10. The molecule has 0 aliphatic heterocycles. The van der Waals surface area contributed by atoms with Crippen LogP contribution < -0.4 is 0 Å². The highest BCUT2D eigenvalue weighted by Gasteiger charge is 2.19. The fraction of sp³-hybridized carbons (Fsp3) is 0.222. The summed E-state index contributed by atoms with van der Waals surface area (Å²) in [6.07, 6.45) is 1.77. The van der Waals surface area contributed by atoms with Gasteiger partial charge < -0.3 is 4.42 Å². The Balaban J connectivity index is 2.39. The topological polar surface area (TPSA) is 42.6 Å². The average Bonchev–Trinajstić information content (AvgIpc) is 2.93. The molecular formula is C18H17NO2. The number of furan rings is 1. The molecule has 0 amide bonds. The Kier molecular flexibility index (Phi) is 3.34. The van der Waals surface area contributed by atoms with Gasteiger partial charge in [0.05, 0.1) is 6.26 Å². The quantitative estimate of drug-likeness (QED) is 0.557. The van der Waals surface area contributed by atoms with Crippen LogP contribution in [-0.4, -0.2) is 0 Å². The smallest absolute Gasteiger partial charge is 0.138 e. The van der Waals surface area contributed by atoms with Crippen molar-refractivity contribution in [1.82, 2.24) is 0 Å². The number of benzene rings is 2. The first-order valence-corrected chi connectivity index (χ1v) is 7.07. The Hall–Kier alpha value is -2.42. The van der Waals surface area contributed by atoms with Gasteiger partial charge in [0.2, 0.25) is 0 Å². The van der Waals surface area contributed by atoms with Crippen LogP contribution in [0.15, 0.2) is 52.3 Å². The van der Waals surface area contributed by atoms with Crippen LogP contribution >= 0.6 is 0 Å². The Labute approximate surface area is 123 Å². The van der Waals surface area contributed by atoms with Crippen molar-refractivity contribution in [2.75, 3.05) is 0 Å². The zero-order valence-corrected chi connectivity index (χ0v) is 12.4. The Morgan fingerprint density at radius 2 is 1.86 bits per heavy atom. The van der Waals surface area contributed by atoms with Gasteiger partial charge in [-0.3, -0.25) is 0 Å². The Bertz CT molecular complexity index is 801. The molecule has 0 aliphatic rings. The van der Waals surface area contributed by atoms with Gasteiger partial charge in [-0.1, -0.05) is 44.2 Å². The number of hydrogen-bond donors (Lipinski definition) is 0. The van der Waals surface area contributed by atoms with Crippen molar-refractivity contribution in [3.63, 3.8) is 0 Å². The van der Waals surface area contributed by atoms with Crippen LogP contribution in [0, 0.1) is 11.8 Å². The first-order chi connectivity index (χ1) is 10.1. The minimum Gasteiger partial charge on any atom is -0.463 e. The second kappa shape index (κ2) is 5.17.